The van der Waals surface area contributed by atoms with E-state index in [1.54, 1.807) is 12.0 Å². The summed E-state index contributed by atoms with van der Waals surface area (Å²) in [4.78, 5) is 31.5. The molecule has 3 aromatic rings. The maximum absolute atomic E-state index is 12.7. The Morgan fingerprint density at radius 2 is 2.04 bits per heavy atom. The Kier molecular flexibility index (Phi) is 4.53. The molecule has 0 spiro atoms. The molecule has 2 aromatic heterocycles. The number of nitrogens with zero attached hydrogens (tertiary/aromatic N) is 3. The van der Waals surface area contributed by atoms with Crippen LogP contribution in [0.5, 0.6) is 0 Å². The Morgan fingerprint density at radius 3 is 2.78 bits per heavy atom. The Morgan fingerprint density at radius 1 is 1.26 bits per heavy atom. The van der Waals surface area contributed by atoms with E-state index < -0.39 is 0 Å². The van der Waals surface area contributed by atoms with Crippen LogP contribution in [0.3, 0.4) is 0 Å². The van der Waals surface area contributed by atoms with Crippen molar-refractivity contribution in [2.45, 2.75) is 19.3 Å². The molecule has 4 rings (SSSR count). The monoisotopic (exact) mass is 366 g/mol. The molecule has 0 unspecified atom stereocenters. The highest BCUT2D eigenvalue weighted by molar-refractivity contribution is 5.81. The third-order valence-corrected chi connectivity index (χ3v) is 5.08. The van der Waals surface area contributed by atoms with Crippen molar-refractivity contribution in [2.24, 2.45) is 0 Å². The average Bonchev–Trinajstić information content (AvgIpc) is 3.20. The Balaban J connectivity index is 1.76. The van der Waals surface area contributed by atoms with Crippen LogP contribution in [-0.4, -0.2) is 52.2 Å². The number of likely N-dealkylation sites (tertiary alicyclic amines) is 1. The van der Waals surface area contributed by atoms with Crippen molar-refractivity contribution in [3.63, 3.8) is 0 Å². The van der Waals surface area contributed by atoms with E-state index in [0.717, 1.165) is 16.8 Å². The molecule has 1 saturated heterocycles. The van der Waals surface area contributed by atoms with Crippen molar-refractivity contribution in [3.05, 3.63) is 58.1 Å². The second-order valence-corrected chi connectivity index (χ2v) is 6.89. The van der Waals surface area contributed by atoms with Crippen molar-refractivity contribution >= 4 is 11.6 Å². The first-order valence-electron chi connectivity index (χ1n) is 9.03. The van der Waals surface area contributed by atoms with Gasteiger partial charge in [-0.3, -0.25) is 14.7 Å². The number of aromatic amines is 1. The number of benzene rings is 1. The van der Waals surface area contributed by atoms with E-state index in [1.165, 1.54) is 10.6 Å². The van der Waals surface area contributed by atoms with E-state index >= 15 is 0 Å². The number of fused-ring (bicyclic) bond motifs is 1. The number of carbonyl (C=O) groups excluding carboxylic acids is 1. The standard InChI is InChI=1S/C20H22N4O3/c1-13-19(14-6-4-3-5-7-14)20-21-16(11-18(26)24(20)22-13)15-10-17(25)23(12-15)8-9-27-2/h3-7,11,15,22H,8-10,12H2,1-2H3/t15-/m1/s1. The quantitative estimate of drug-likeness (QED) is 0.749. The lowest BCUT2D eigenvalue weighted by Crippen LogP contribution is -2.28. The molecule has 3 heterocycles. The minimum Gasteiger partial charge on any atom is -0.383 e. The van der Waals surface area contributed by atoms with Crippen LogP contribution in [0, 0.1) is 6.92 Å². The Labute approximate surface area is 156 Å². The van der Waals surface area contributed by atoms with Gasteiger partial charge in [0.25, 0.3) is 5.56 Å². The van der Waals surface area contributed by atoms with Crippen LogP contribution < -0.4 is 5.56 Å². The van der Waals surface area contributed by atoms with Gasteiger partial charge in [-0.1, -0.05) is 30.3 Å². The number of amides is 1. The summed E-state index contributed by atoms with van der Waals surface area (Å²) in [5.74, 6) is -0.00142. The first-order chi connectivity index (χ1) is 13.1. The smallest absolute Gasteiger partial charge is 0.272 e. The second-order valence-electron chi connectivity index (χ2n) is 6.89. The van der Waals surface area contributed by atoms with Gasteiger partial charge >= 0.3 is 0 Å². The second kappa shape index (κ2) is 7.00. The molecule has 1 atom stereocenters. The van der Waals surface area contributed by atoms with Gasteiger partial charge in [-0.15, -0.1) is 0 Å². The Bertz CT molecular complexity index is 1040. The third kappa shape index (κ3) is 3.14. The molecule has 1 aliphatic rings. The summed E-state index contributed by atoms with van der Waals surface area (Å²) < 4.78 is 6.54. The number of aryl methyl sites for hydroxylation is 1. The summed E-state index contributed by atoms with van der Waals surface area (Å²) in [5, 5.41) is 3.10. The van der Waals surface area contributed by atoms with Crippen LogP contribution in [0.25, 0.3) is 16.8 Å². The van der Waals surface area contributed by atoms with Crippen molar-refractivity contribution in [1.29, 1.82) is 0 Å². The predicted octanol–water partition coefficient (Wildman–Crippen LogP) is 1.96. The summed E-state index contributed by atoms with van der Waals surface area (Å²) in [5.41, 5.74) is 3.90. The maximum Gasteiger partial charge on any atom is 0.272 e. The molecule has 0 bridgehead atoms. The number of aromatic nitrogens is 3. The molecule has 1 fully saturated rings. The average molecular weight is 366 g/mol. The molecule has 0 saturated carbocycles. The zero-order valence-electron chi connectivity index (χ0n) is 15.4. The van der Waals surface area contributed by atoms with Gasteiger partial charge in [-0.2, -0.15) is 0 Å². The lowest BCUT2D eigenvalue weighted by molar-refractivity contribution is -0.128. The minimum absolute atomic E-state index is 0.0765. The highest BCUT2D eigenvalue weighted by Gasteiger charge is 2.32. The van der Waals surface area contributed by atoms with Gasteiger partial charge < -0.3 is 9.64 Å². The predicted molar refractivity (Wildman–Crippen MR) is 102 cm³/mol. The van der Waals surface area contributed by atoms with Gasteiger partial charge in [0.05, 0.1) is 12.3 Å². The molecule has 1 N–H and O–H groups in total. The van der Waals surface area contributed by atoms with Gasteiger partial charge in [0.15, 0.2) is 5.65 Å². The van der Waals surface area contributed by atoms with E-state index in [4.69, 9.17) is 9.72 Å². The van der Waals surface area contributed by atoms with Crippen molar-refractivity contribution in [2.75, 3.05) is 26.8 Å². The van der Waals surface area contributed by atoms with Gasteiger partial charge in [-0.25, -0.2) is 9.50 Å². The van der Waals surface area contributed by atoms with Gasteiger partial charge in [0.1, 0.15) is 0 Å². The van der Waals surface area contributed by atoms with Crippen molar-refractivity contribution < 1.29 is 9.53 Å². The van der Waals surface area contributed by atoms with Crippen LogP contribution in [-0.2, 0) is 9.53 Å². The van der Waals surface area contributed by atoms with E-state index in [2.05, 4.69) is 5.10 Å². The largest absolute Gasteiger partial charge is 0.383 e. The van der Waals surface area contributed by atoms with E-state index in [-0.39, 0.29) is 17.4 Å². The van der Waals surface area contributed by atoms with Crippen LogP contribution in [0.2, 0.25) is 0 Å². The van der Waals surface area contributed by atoms with Crippen molar-refractivity contribution in [1.82, 2.24) is 19.5 Å². The number of nitrogens with one attached hydrogen (secondary N) is 1. The van der Waals surface area contributed by atoms with Gasteiger partial charge in [-0.05, 0) is 12.5 Å². The molecule has 0 radical (unpaired) electrons. The van der Waals surface area contributed by atoms with Gasteiger partial charge in [0.2, 0.25) is 5.91 Å². The molecule has 1 aromatic carbocycles. The molecule has 7 heteroatoms. The zero-order chi connectivity index (χ0) is 19.0. The fraction of sp³-hybridized carbons (Fsp3) is 0.350. The maximum atomic E-state index is 12.7. The zero-order valence-corrected chi connectivity index (χ0v) is 15.4. The molecule has 27 heavy (non-hydrogen) atoms. The molecule has 7 nitrogen and oxygen atoms in total. The lowest BCUT2D eigenvalue weighted by atomic mass is 10.0. The number of hydrogen-bond donors (Lipinski definition) is 1. The number of hydrogen-bond acceptors (Lipinski definition) is 4. The first kappa shape index (κ1) is 17.5. The molecular weight excluding hydrogens is 344 g/mol. The summed E-state index contributed by atoms with van der Waals surface area (Å²) in [7, 11) is 1.62. The first-order valence-corrected chi connectivity index (χ1v) is 9.03. The Hall–Kier alpha value is -2.93. The van der Waals surface area contributed by atoms with E-state index in [1.807, 2.05) is 37.3 Å². The highest BCUT2D eigenvalue weighted by Crippen LogP contribution is 2.30. The third-order valence-electron chi connectivity index (χ3n) is 5.08. The van der Waals surface area contributed by atoms with Crippen LogP contribution in [0.1, 0.15) is 23.7 Å². The number of rotatable bonds is 5. The van der Waals surface area contributed by atoms with Crippen LogP contribution in [0.4, 0.5) is 0 Å². The topological polar surface area (TPSA) is 79.7 Å². The number of methoxy groups -OCH3 is 1. The lowest BCUT2D eigenvalue weighted by Gasteiger charge is -2.15. The van der Waals surface area contributed by atoms with E-state index in [9.17, 15) is 9.59 Å². The summed E-state index contributed by atoms with van der Waals surface area (Å²) >= 11 is 0. The van der Waals surface area contributed by atoms with Crippen molar-refractivity contribution in [3.8, 4) is 11.1 Å². The molecule has 1 amide bonds. The number of carbonyl (C=O) groups is 1. The number of ether oxygens (including phenoxy) is 1. The highest BCUT2D eigenvalue weighted by atomic mass is 16.5. The molecule has 1 aliphatic heterocycles. The molecular formula is C20H22N4O3. The molecule has 140 valence electrons. The summed E-state index contributed by atoms with van der Waals surface area (Å²) in [6.07, 6.45) is 0.371. The summed E-state index contributed by atoms with van der Waals surface area (Å²) in [6, 6.07) is 11.4. The normalized spacial score (nSPS) is 17.2. The van der Waals surface area contributed by atoms with E-state index in [0.29, 0.717) is 37.5 Å². The fourth-order valence-corrected chi connectivity index (χ4v) is 3.71. The summed E-state index contributed by atoms with van der Waals surface area (Å²) in [6.45, 7) is 3.56. The van der Waals surface area contributed by atoms with Crippen LogP contribution >= 0.6 is 0 Å². The number of H-pyrrole nitrogens is 1. The minimum atomic E-state index is -0.164. The fourth-order valence-electron chi connectivity index (χ4n) is 3.71. The SMILES string of the molecule is COCCN1C[C@H](c2cc(=O)n3[nH]c(C)c(-c4ccccc4)c3n2)CC1=O. The van der Waals surface area contributed by atoms with Crippen LogP contribution in [0.15, 0.2) is 41.2 Å². The van der Waals surface area contributed by atoms with Gasteiger partial charge in [0, 0.05) is 49.9 Å². The molecule has 0 aliphatic carbocycles.